The highest BCUT2D eigenvalue weighted by molar-refractivity contribution is 5.96. The van der Waals surface area contributed by atoms with Crippen LogP contribution in [0.1, 0.15) is 34.5 Å². The molecular weight excluding hydrogens is 504 g/mol. The first-order valence-corrected chi connectivity index (χ1v) is 13.9. The summed E-state index contributed by atoms with van der Waals surface area (Å²) < 4.78 is 18.9. The lowest BCUT2D eigenvalue weighted by molar-refractivity contribution is 0.257. The third-order valence-electron chi connectivity index (χ3n) is 7.86. The minimum atomic E-state index is -0.132. The molecule has 0 amide bonds. The van der Waals surface area contributed by atoms with Crippen molar-refractivity contribution in [1.29, 1.82) is 0 Å². The van der Waals surface area contributed by atoms with E-state index in [9.17, 15) is 0 Å². The smallest absolute Gasteiger partial charge is 0.143 e. The van der Waals surface area contributed by atoms with Gasteiger partial charge in [-0.05, 0) is 93.4 Å². The lowest BCUT2D eigenvalue weighted by atomic mass is 9.91. The maximum Gasteiger partial charge on any atom is 0.143 e. The molecule has 3 nitrogen and oxygen atoms in total. The van der Waals surface area contributed by atoms with Gasteiger partial charge in [0.2, 0.25) is 0 Å². The van der Waals surface area contributed by atoms with Crippen LogP contribution in [-0.2, 0) is 0 Å². The summed E-state index contributed by atoms with van der Waals surface area (Å²) in [4.78, 5) is 0. The fraction of sp³-hybridized carbons (Fsp3) is 0.0526. The van der Waals surface area contributed by atoms with Crippen molar-refractivity contribution in [3.05, 3.63) is 156 Å². The normalized spacial score (nSPS) is 16.6. The molecule has 0 heterocycles. The second-order valence-electron chi connectivity index (χ2n) is 10.4. The van der Waals surface area contributed by atoms with Crippen LogP contribution in [0.15, 0.2) is 133 Å². The molecule has 0 fully saturated rings. The molecule has 0 saturated heterocycles. The van der Waals surface area contributed by atoms with Crippen molar-refractivity contribution in [1.82, 2.24) is 0 Å². The molecule has 0 N–H and O–H groups in total. The molecule has 0 saturated carbocycles. The van der Waals surface area contributed by atoms with Gasteiger partial charge in [-0.2, -0.15) is 0 Å². The Morgan fingerprint density at radius 3 is 1.22 bits per heavy atom. The van der Waals surface area contributed by atoms with Gasteiger partial charge in [0.25, 0.3) is 0 Å². The minimum absolute atomic E-state index is 0.132. The van der Waals surface area contributed by atoms with Crippen LogP contribution in [-0.4, -0.2) is 0 Å². The molecule has 2 atom stereocenters. The summed E-state index contributed by atoms with van der Waals surface area (Å²) >= 11 is 0. The Balaban J connectivity index is 0.943. The van der Waals surface area contributed by atoms with Gasteiger partial charge in [0, 0.05) is 11.1 Å². The zero-order valence-electron chi connectivity index (χ0n) is 22.2. The maximum atomic E-state index is 6.37. The summed E-state index contributed by atoms with van der Waals surface area (Å²) in [6, 6.07) is 41.1. The Hall–Kier alpha value is -5.28. The first kappa shape index (κ1) is 23.6. The fourth-order valence-corrected chi connectivity index (χ4v) is 5.95. The number of ether oxygens (including phenoxy) is 3. The Labute approximate surface area is 238 Å². The fourth-order valence-electron chi connectivity index (χ4n) is 5.95. The molecule has 8 rings (SSSR count). The van der Waals surface area contributed by atoms with Crippen LogP contribution in [0.25, 0.3) is 33.7 Å². The van der Waals surface area contributed by atoms with E-state index in [0.717, 1.165) is 23.0 Å². The highest BCUT2D eigenvalue weighted by Crippen LogP contribution is 2.38. The Bertz CT molecular complexity index is 1810. The topological polar surface area (TPSA) is 27.7 Å². The third kappa shape index (κ3) is 4.32. The zero-order valence-corrected chi connectivity index (χ0v) is 22.2. The molecule has 41 heavy (non-hydrogen) atoms. The van der Waals surface area contributed by atoms with Gasteiger partial charge in [-0.25, -0.2) is 0 Å². The van der Waals surface area contributed by atoms with E-state index in [0.29, 0.717) is 0 Å². The molecule has 6 aromatic rings. The van der Waals surface area contributed by atoms with E-state index >= 15 is 0 Å². The van der Waals surface area contributed by atoms with E-state index in [4.69, 9.17) is 14.2 Å². The second kappa shape index (κ2) is 9.72. The maximum absolute atomic E-state index is 6.37. The van der Waals surface area contributed by atoms with Crippen LogP contribution < -0.4 is 14.2 Å². The molecule has 0 spiro atoms. The van der Waals surface area contributed by atoms with E-state index in [1.54, 1.807) is 0 Å². The van der Waals surface area contributed by atoms with Crippen LogP contribution in [0.3, 0.4) is 0 Å². The summed E-state index contributed by atoms with van der Waals surface area (Å²) in [5, 5.41) is 4.99. The summed E-state index contributed by atoms with van der Waals surface area (Å²) in [6.07, 6.45) is 8.27. The van der Waals surface area contributed by atoms with Crippen molar-refractivity contribution in [2.45, 2.75) is 12.2 Å². The zero-order chi connectivity index (χ0) is 27.2. The van der Waals surface area contributed by atoms with E-state index in [2.05, 4.69) is 97.1 Å². The van der Waals surface area contributed by atoms with Crippen LogP contribution >= 0.6 is 0 Å². The number of hydrogen-bond acceptors (Lipinski definition) is 3. The monoisotopic (exact) mass is 530 g/mol. The largest absolute Gasteiger partial charge is 0.482 e. The first-order valence-electron chi connectivity index (χ1n) is 13.9. The summed E-state index contributed by atoms with van der Waals surface area (Å²) in [6.45, 7) is 0. The van der Waals surface area contributed by atoms with Gasteiger partial charge in [0.05, 0.1) is 0 Å². The molecule has 0 radical (unpaired) electrons. The van der Waals surface area contributed by atoms with Gasteiger partial charge in [-0.15, -0.1) is 0 Å². The average molecular weight is 531 g/mol. The van der Waals surface area contributed by atoms with Crippen molar-refractivity contribution < 1.29 is 14.2 Å². The molecule has 2 unspecified atom stereocenters. The Morgan fingerprint density at radius 1 is 0.390 bits per heavy atom. The van der Waals surface area contributed by atoms with Gasteiger partial charge in [-0.1, -0.05) is 84.9 Å². The summed E-state index contributed by atoms with van der Waals surface area (Å²) in [5.41, 5.74) is 4.84. The SMILES string of the molecule is C1=CC(Oc2ccc(Oc3ccc(OC4C=Cc5cccc6cccc4c56)cc3)cc2)c2cccc3cccc1c23. The Morgan fingerprint density at radius 2 is 0.780 bits per heavy atom. The quantitative estimate of drug-likeness (QED) is 0.214. The first-order chi connectivity index (χ1) is 20.3. The average Bonchev–Trinajstić information content (AvgIpc) is 3.02. The standard InChI is InChI=1S/C38H26O3/c1-5-25-9-3-11-33-35(23-13-27(7-1)37(25)33)40-31-19-15-29(16-20-31)39-30-17-21-32(22-18-30)41-36-24-14-28-8-2-6-26-10-4-12-34(36)38(26)28/h1-24,35-36H. The molecule has 0 aliphatic heterocycles. The van der Waals surface area contributed by atoms with E-state index in [1.807, 2.05) is 48.5 Å². The summed E-state index contributed by atoms with van der Waals surface area (Å²) in [5.74, 6) is 3.08. The van der Waals surface area contributed by atoms with Gasteiger partial charge < -0.3 is 14.2 Å². The van der Waals surface area contributed by atoms with Crippen LogP contribution in [0.5, 0.6) is 23.0 Å². The lowest BCUT2D eigenvalue weighted by Gasteiger charge is -2.23. The molecule has 0 bridgehead atoms. The molecule has 196 valence electrons. The molecule has 2 aliphatic carbocycles. The van der Waals surface area contributed by atoms with Gasteiger partial charge in [-0.3, -0.25) is 0 Å². The molecule has 2 aliphatic rings. The van der Waals surface area contributed by atoms with E-state index in [1.165, 1.54) is 43.8 Å². The van der Waals surface area contributed by atoms with Crippen molar-refractivity contribution in [3.8, 4) is 23.0 Å². The molecular formula is C38H26O3. The van der Waals surface area contributed by atoms with Gasteiger partial charge >= 0.3 is 0 Å². The van der Waals surface area contributed by atoms with Crippen molar-refractivity contribution >= 4 is 33.7 Å². The van der Waals surface area contributed by atoms with Crippen LogP contribution in [0.4, 0.5) is 0 Å². The second-order valence-corrected chi connectivity index (χ2v) is 10.4. The van der Waals surface area contributed by atoms with Gasteiger partial charge in [0.1, 0.15) is 35.2 Å². The predicted octanol–water partition coefficient (Wildman–Crippen LogP) is 10.1. The molecule has 6 aromatic carbocycles. The van der Waals surface area contributed by atoms with Crippen LogP contribution in [0.2, 0.25) is 0 Å². The van der Waals surface area contributed by atoms with Crippen molar-refractivity contribution in [2.24, 2.45) is 0 Å². The molecule has 3 heteroatoms. The van der Waals surface area contributed by atoms with Crippen molar-refractivity contribution in [2.75, 3.05) is 0 Å². The third-order valence-corrected chi connectivity index (χ3v) is 7.86. The molecule has 0 aromatic heterocycles. The Kier molecular flexibility index (Phi) is 5.60. The van der Waals surface area contributed by atoms with Crippen molar-refractivity contribution in [3.63, 3.8) is 0 Å². The van der Waals surface area contributed by atoms with E-state index < -0.39 is 0 Å². The van der Waals surface area contributed by atoms with Crippen LogP contribution in [0, 0.1) is 0 Å². The highest BCUT2D eigenvalue weighted by Gasteiger charge is 2.20. The highest BCUT2D eigenvalue weighted by atomic mass is 16.5. The minimum Gasteiger partial charge on any atom is -0.482 e. The summed E-state index contributed by atoms with van der Waals surface area (Å²) in [7, 11) is 0. The van der Waals surface area contributed by atoms with Gasteiger partial charge in [0.15, 0.2) is 0 Å². The van der Waals surface area contributed by atoms with E-state index in [-0.39, 0.29) is 12.2 Å². The number of hydrogen-bond donors (Lipinski definition) is 0. The predicted molar refractivity (Wildman–Crippen MR) is 166 cm³/mol. The number of rotatable bonds is 6. The number of benzene rings is 6. The lowest BCUT2D eigenvalue weighted by Crippen LogP contribution is -2.08.